The molecule has 0 saturated carbocycles. The van der Waals surface area contributed by atoms with Crippen molar-refractivity contribution in [2.75, 3.05) is 23.9 Å². The molecular formula is C20H25ClFN5O2. The molecule has 29 heavy (non-hydrogen) atoms. The van der Waals surface area contributed by atoms with E-state index < -0.39 is 5.82 Å². The molecule has 0 radical (unpaired) electrons. The number of nitrogens with one attached hydrogen (secondary N) is 1. The minimum Gasteiger partial charge on any atom is -0.469 e. The van der Waals surface area contributed by atoms with E-state index >= 15 is 0 Å². The van der Waals surface area contributed by atoms with Gasteiger partial charge in [0.1, 0.15) is 23.8 Å². The highest BCUT2D eigenvalue weighted by molar-refractivity contribution is 6.31. The minimum absolute atomic E-state index is 0.0247. The van der Waals surface area contributed by atoms with Gasteiger partial charge in [0.05, 0.1) is 18.3 Å². The van der Waals surface area contributed by atoms with Gasteiger partial charge in [0.15, 0.2) is 0 Å². The quantitative estimate of drug-likeness (QED) is 0.684. The first-order chi connectivity index (χ1) is 13.8. The number of benzene rings is 1. The smallest absolute Gasteiger partial charge is 0.305 e. The molecule has 3 N–H and O–H groups in total. The van der Waals surface area contributed by atoms with E-state index in [0.29, 0.717) is 23.7 Å². The molecule has 2 aromatic rings. The molecule has 156 valence electrons. The van der Waals surface area contributed by atoms with Gasteiger partial charge in [0.25, 0.3) is 0 Å². The number of methoxy groups -OCH3 is 1. The van der Waals surface area contributed by atoms with Crippen molar-refractivity contribution in [3.05, 3.63) is 41.4 Å². The summed E-state index contributed by atoms with van der Waals surface area (Å²) in [5.41, 5.74) is 7.03. The molecule has 3 rings (SSSR count). The Labute approximate surface area is 174 Å². The van der Waals surface area contributed by atoms with Crippen molar-refractivity contribution >= 4 is 34.9 Å². The van der Waals surface area contributed by atoms with E-state index in [9.17, 15) is 9.18 Å². The van der Waals surface area contributed by atoms with Gasteiger partial charge in [-0.25, -0.2) is 14.4 Å². The highest BCUT2D eigenvalue weighted by Gasteiger charge is 2.35. The highest BCUT2D eigenvalue weighted by atomic mass is 35.5. The van der Waals surface area contributed by atoms with Crippen molar-refractivity contribution < 1.29 is 13.9 Å². The third kappa shape index (κ3) is 5.33. The van der Waals surface area contributed by atoms with Crippen LogP contribution in [0.5, 0.6) is 0 Å². The summed E-state index contributed by atoms with van der Waals surface area (Å²) in [5.74, 6) is 0.590. The van der Waals surface area contributed by atoms with Crippen molar-refractivity contribution in [1.29, 1.82) is 0 Å². The van der Waals surface area contributed by atoms with Crippen LogP contribution in [0.4, 0.5) is 21.7 Å². The maximum absolute atomic E-state index is 13.3. The maximum atomic E-state index is 13.3. The summed E-state index contributed by atoms with van der Waals surface area (Å²) in [4.78, 5) is 22.1. The Kier molecular flexibility index (Phi) is 6.54. The maximum Gasteiger partial charge on any atom is 0.305 e. The average molecular weight is 422 g/mol. The van der Waals surface area contributed by atoms with Crippen LogP contribution >= 0.6 is 11.6 Å². The van der Waals surface area contributed by atoms with Crippen LogP contribution in [0.1, 0.15) is 32.6 Å². The Balaban J connectivity index is 1.67. The van der Waals surface area contributed by atoms with Crippen LogP contribution < -0.4 is 16.0 Å². The predicted molar refractivity (Wildman–Crippen MR) is 111 cm³/mol. The van der Waals surface area contributed by atoms with E-state index in [2.05, 4.69) is 22.2 Å². The van der Waals surface area contributed by atoms with Crippen LogP contribution in [0.25, 0.3) is 0 Å². The summed E-state index contributed by atoms with van der Waals surface area (Å²) < 4.78 is 18.1. The molecule has 1 aromatic carbocycles. The van der Waals surface area contributed by atoms with Crippen molar-refractivity contribution in [1.82, 2.24) is 9.97 Å². The summed E-state index contributed by atoms with van der Waals surface area (Å²) in [6.45, 7) is 2.87. The van der Waals surface area contributed by atoms with Crippen molar-refractivity contribution in [3.63, 3.8) is 0 Å². The number of carbonyl (C=O) groups is 1. The molecule has 9 heteroatoms. The van der Waals surface area contributed by atoms with E-state index in [1.54, 1.807) is 12.1 Å². The number of aromatic nitrogens is 2. The van der Waals surface area contributed by atoms with E-state index in [0.717, 1.165) is 25.8 Å². The van der Waals surface area contributed by atoms with Gasteiger partial charge in [-0.05, 0) is 42.9 Å². The number of carbonyl (C=O) groups excluding carboxylic acids is 1. The molecule has 1 saturated heterocycles. The zero-order valence-corrected chi connectivity index (χ0v) is 17.2. The Morgan fingerprint density at radius 3 is 2.93 bits per heavy atom. The molecule has 7 nitrogen and oxygen atoms in total. The molecule has 1 aliphatic heterocycles. The summed E-state index contributed by atoms with van der Waals surface area (Å²) in [5, 5.41) is 3.14. The second kappa shape index (κ2) is 8.92. The van der Waals surface area contributed by atoms with Crippen molar-refractivity contribution in [3.8, 4) is 0 Å². The minimum atomic E-state index is -0.477. The molecule has 1 fully saturated rings. The third-order valence-corrected chi connectivity index (χ3v) is 5.65. The first-order valence-electron chi connectivity index (χ1n) is 9.43. The monoisotopic (exact) mass is 421 g/mol. The van der Waals surface area contributed by atoms with Gasteiger partial charge < -0.3 is 20.7 Å². The molecule has 0 aliphatic carbocycles. The van der Waals surface area contributed by atoms with Gasteiger partial charge in [-0.15, -0.1) is 0 Å². The van der Waals surface area contributed by atoms with Crippen LogP contribution in [0.2, 0.25) is 5.02 Å². The highest BCUT2D eigenvalue weighted by Crippen LogP contribution is 2.38. The lowest BCUT2D eigenvalue weighted by molar-refractivity contribution is -0.141. The largest absolute Gasteiger partial charge is 0.469 e. The van der Waals surface area contributed by atoms with Gasteiger partial charge in [-0.2, -0.15) is 0 Å². The molecule has 1 aromatic heterocycles. The predicted octanol–water partition coefficient (Wildman–Crippen LogP) is 3.86. The van der Waals surface area contributed by atoms with E-state index in [1.165, 1.54) is 25.6 Å². The number of hydrogen-bond acceptors (Lipinski definition) is 7. The fraction of sp³-hybridized carbons (Fsp3) is 0.450. The molecule has 2 atom stereocenters. The van der Waals surface area contributed by atoms with Crippen LogP contribution in [-0.4, -0.2) is 35.8 Å². The second-order valence-corrected chi connectivity index (χ2v) is 8.02. The zero-order chi connectivity index (χ0) is 21.0. The third-order valence-electron chi connectivity index (χ3n) is 5.36. The average Bonchev–Trinajstić information content (AvgIpc) is 2.69. The number of esters is 1. The lowest BCUT2D eigenvalue weighted by Crippen LogP contribution is -2.51. The van der Waals surface area contributed by atoms with Crippen LogP contribution in [0, 0.1) is 11.2 Å². The van der Waals surface area contributed by atoms with E-state index in [1.807, 2.05) is 4.90 Å². The summed E-state index contributed by atoms with van der Waals surface area (Å²) in [7, 11) is 1.40. The molecule has 0 spiro atoms. The van der Waals surface area contributed by atoms with Crippen molar-refractivity contribution in [2.45, 2.75) is 38.8 Å². The Morgan fingerprint density at radius 2 is 2.24 bits per heavy atom. The van der Waals surface area contributed by atoms with Gasteiger partial charge >= 0.3 is 5.97 Å². The van der Waals surface area contributed by atoms with E-state index in [-0.39, 0.29) is 22.6 Å². The van der Waals surface area contributed by atoms with Gasteiger partial charge in [0, 0.05) is 24.7 Å². The number of anilines is 3. The SMILES string of the molecule is COC(=O)CCC1(C)CCN(c2cc(Nc3ccc(F)c(Cl)c3)ncn2)C(N)C1. The summed E-state index contributed by atoms with van der Waals surface area (Å²) >= 11 is 5.83. The fourth-order valence-electron chi connectivity index (χ4n) is 3.58. The number of rotatable bonds is 6. The molecule has 2 unspecified atom stereocenters. The number of nitrogens with zero attached hydrogens (tertiary/aromatic N) is 3. The number of ether oxygens (including phenoxy) is 1. The fourth-order valence-corrected chi connectivity index (χ4v) is 3.77. The number of hydrogen-bond donors (Lipinski definition) is 2. The Bertz CT molecular complexity index is 884. The lowest BCUT2D eigenvalue weighted by Gasteiger charge is -2.44. The van der Waals surface area contributed by atoms with Crippen LogP contribution in [0.3, 0.4) is 0 Å². The van der Waals surface area contributed by atoms with Gasteiger partial charge in [-0.1, -0.05) is 18.5 Å². The van der Waals surface area contributed by atoms with E-state index in [4.69, 9.17) is 22.1 Å². The van der Waals surface area contributed by atoms with Crippen LogP contribution in [-0.2, 0) is 9.53 Å². The number of nitrogens with two attached hydrogens (primary N) is 1. The number of halogens is 2. The van der Waals surface area contributed by atoms with Crippen molar-refractivity contribution in [2.24, 2.45) is 11.1 Å². The summed E-state index contributed by atoms with van der Waals surface area (Å²) in [6, 6.07) is 6.18. The van der Waals surface area contributed by atoms with Gasteiger partial charge in [-0.3, -0.25) is 4.79 Å². The summed E-state index contributed by atoms with van der Waals surface area (Å²) in [6.07, 6.45) is 3.99. The normalized spacial score (nSPS) is 21.7. The van der Waals surface area contributed by atoms with Crippen LogP contribution in [0.15, 0.2) is 30.6 Å². The first kappa shape index (κ1) is 21.3. The number of piperidine rings is 1. The topological polar surface area (TPSA) is 93.4 Å². The van der Waals surface area contributed by atoms with Gasteiger partial charge in [0.2, 0.25) is 0 Å². The Hall–Kier alpha value is -2.45. The Morgan fingerprint density at radius 1 is 1.45 bits per heavy atom. The first-order valence-corrected chi connectivity index (χ1v) is 9.81. The molecule has 0 amide bonds. The molecular weight excluding hydrogens is 397 g/mol. The standard InChI is InChI=1S/C20H25ClFN5O2/c1-20(6-5-19(28)29-2)7-8-27(16(23)11-20)18-10-17(24-12-25-18)26-13-3-4-15(22)14(21)9-13/h3-4,9-10,12,16H,5-8,11,23H2,1-2H3,(H,24,25,26). The lowest BCUT2D eigenvalue weighted by atomic mass is 9.75. The molecule has 0 bridgehead atoms. The second-order valence-electron chi connectivity index (χ2n) is 7.62. The zero-order valence-electron chi connectivity index (χ0n) is 16.5. The molecule has 1 aliphatic rings. The molecule has 2 heterocycles.